The summed E-state index contributed by atoms with van der Waals surface area (Å²) in [5, 5.41) is 13.3. The molecule has 3 aliphatic rings. The first-order chi connectivity index (χ1) is 18.7. The Labute approximate surface area is 225 Å². The van der Waals surface area contributed by atoms with Crippen LogP contribution in [0.25, 0.3) is 0 Å². The Morgan fingerprint density at radius 1 is 0.789 bits per heavy atom. The average Bonchev–Trinajstić information content (AvgIpc) is 3.70. The van der Waals surface area contributed by atoms with Gasteiger partial charge in [-0.25, -0.2) is 0 Å². The fraction of sp³-hybridized carbons (Fsp3) is 0.643. The molecule has 0 saturated heterocycles. The van der Waals surface area contributed by atoms with Crippen molar-refractivity contribution in [3.8, 4) is 0 Å². The van der Waals surface area contributed by atoms with Gasteiger partial charge in [0.1, 0.15) is 0 Å². The van der Waals surface area contributed by atoms with Gasteiger partial charge in [0.2, 0.25) is 17.8 Å². The van der Waals surface area contributed by atoms with Crippen LogP contribution < -0.4 is 21.3 Å². The number of carbonyl (C=O) groups excluding carboxylic acids is 1. The Hall–Kier alpha value is -2.98. The maximum Gasteiger partial charge on any atom is 0.251 e. The maximum absolute atomic E-state index is 12.0. The van der Waals surface area contributed by atoms with Gasteiger partial charge in [0.25, 0.3) is 5.91 Å². The van der Waals surface area contributed by atoms with Gasteiger partial charge in [-0.1, -0.05) is 37.5 Å². The van der Waals surface area contributed by atoms with Crippen LogP contribution in [-0.2, 0) is 9.47 Å². The summed E-state index contributed by atoms with van der Waals surface area (Å²) in [4.78, 5) is 26.0. The summed E-state index contributed by atoms with van der Waals surface area (Å²) in [7, 11) is 0. The highest BCUT2D eigenvalue weighted by molar-refractivity contribution is 5.94. The molecule has 5 rings (SSSR count). The van der Waals surface area contributed by atoms with Gasteiger partial charge in [-0.15, -0.1) is 0 Å². The van der Waals surface area contributed by atoms with Crippen molar-refractivity contribution in [1.82, 2.24) is 20.3 Å². The molecule has 3 fully saturated rings. The van der Waals surface area contributed by atoms with Crippen LogP contribution in [0.15, 0.2) is 30.3 Å². The van der Waals surface area contributed by atoms with Crippen LogP contribution in [0, 0.1) is 11.8 Å². The van der Waals surface area contributed by atoms with E-state index in [2.05, 4.69) is 31.2 Å². The van der Waals surface area contributed by atoms with Crippen LogP contribution in [0.1, 0.15) is 61.7 Å². The van der Waals surface area contributed by atoms with Crippen molar-refractivity contribution in [3.05, 3.63) is 35.9 Å². The Balaban J connectivity index is 0.993. The largest absolute Gasteiger partial charge is 0.377 e. The van der Waals surface area contributed by atoms with Crippen molar-refractivity contribution in [2.75, 3.05) is 55.5 Å². The zero-order chi connectivity index (χ0) is 26.0. The molecule has 2 bridgehead atoms. The van der Waals surface area contributed by atoms with Crippen LogP contribution in [0.2, 0.25) is 0 Å². The van der Waals surface area contributed by atoms with Gasteiger partial charge in [0.15, 0.2) is 0 Å². The molecule has 1 aromatic carbocycles. The summed E-state index contributed by atoms with van der Waals surface area (Å²) in [5.74, 6) is 3.39. The van der Waals surface area contributed by atoms with Crippen molar-refractivity contribution >= 4 is 23.8 Å². The zero-order valence-electron chi connectivity index (χ0n) is 22.2. The molecule has 3 atom stereocenters. The van der Waals surface area contributed by atoms with Crippen molar-refractivity contribution in [1.29, 1.82) is 0 Å². The lowest BCUT2D eigenvalue weighted by atomic mass is 9.95. The molecular formula is C28H41N7O3. The zero-order valence-corrected chi connectivity index (χ0v) is 22.2. The summed E-state index contributed by atoms with van der Waals surface area (Å²) >= 11 is 0. The second-order valence-corrected chi connectivity index (χ2v) is 10.6. The van der Waals surface area contributed by atoms with Crippen molar-refractivity contribution in [2.45, 2.75) is 63.5 Å². The molecular weight excluding hydrogens is 482 g/mol. The number of carbonyl (C=O) groups is 1. The smallest absolute Gasteiger partial charge is 0.251 e. The van der Waals surface area contributed by atoms with E-state index in [9.17, 15) is 4.79 Å². The third kappa shape index (κ3) is 7.77. The topological polar surface area (TPSA) is 122 Å². The summed E-state index contributed by atoms with van der Waals surface area (Å²) in [6.45, 7) is 2.97. The van der Waals surface area contributed by atoms with Gasteiger partial charge >= 0.3 is 0 Å². The number of nitrogens with one attached hydrogen (secondary N) is 4. The Kier molecular flexibility index (Phi) is 9.60. The second kappa shape index (κ2) is 13.7. The van der Waals surface area contributed by atoms with Gasteiger partial charge in [-0.2, -0.15) is 15.0 Å². The highest BCUT2D eigenvalue weighted by Crippen LogP contribution is 2.45. The molecule has 1 aromatic heterocycles. The van der Waals surface area contributed by atoms with E-state index in [4.69, 9.17) is 14.5 Å². The number of amides is 1. The van der Waals surface area contributed by atoms with Crippen LogP contribution in [0.5, 0.6) is 0 Å². The Morgan fingerprint density at radius 2 is 1.50 bits per heavy atom. The molecule has 206 valence electrons. The molecule has 0 spiro atoms. The highest BCUT2D eigenvalue weighted by Gasteiger charge is 2.39. The van der Waals surface area contributed by atoms with Gasteiger partial charge in [-0.05, 0) is 56.1 Å². The summed E-state index contributed by atoms with van der Waals surface area (Å²) in [6.07, 6.45) is 10.1. The maximum atomic E-state index is 12.0. The van der Waals surface area contributed by atoms with Crippen molar-refractivity contribution in [2.24, 2.45) is 11.8 Å². The third-order valence-corrected chi connectivity index (χ3v) is 7.85. The SMILES string of the molecule is O=C(NCCOCCOCCNc1nc(NC2CCCC2)nc(NC2CC3CCC2C3)n1)c1ccccc1. The molecule has 1 amide bonds. The number of hydrogen-bond acceptors (Lipinski definition) is 9. The lowest BCUT2D eigenvalue weighted by Gasteiger charge is -2.23. The predicted molar refractivity (Wildman–Crippen MR) is 147 cm³/mol. The molecule has 2 aromatic rings. The molecule has 0 aliphatic heterocycles. The van der Waals surface area contributed by atoms with Gasteiger partial charge in [-0.3, -0.25) is 4.79 Å². The van der Waals surface area contributed by atoms with E-state index < -0.39 is 0 Å². The van der Waals surface area contributed by atoms with Gasteiger partial charge in [0.05, 0.1) is 26.4 Å². The number of aromatic nitrogens is 3. The van der Waals surface area contributed by atoms with Crippen molar-refractivity contribution < 1.29 is 14.3 Å². The third-order valence-electron chi connectivity index (χ3n) is 7.85. The first kappa shape index (κ1) is 26.6. The first-order valence-electron chi connectivity index (χ1n) is 14.2. The second-order valence-electron chi connectivity index (χ2n) is 10.6. The monoisotopic (exact) mass is 523 g/mol. The summed E-state index contributed by atoms with van der Waals surface area (Å²) in [5.41, 5.74) is 0.649. The molecule has 10 nitrogen and oxygen atoms in total. The summed E-state index contributed by atoms with van der Waals surface area (Å²) < 4.78 is 11.2. The normalized spacial score (nSPS) is 22.5. The van der Waals surface area contributed by atoms with Crippen molar-refractivity contribution in [3.63, 3.8) is 0 Å². The number of hydrogen-bond donors (Lipinski definition) is 4. The number of ether oxygens (including phenoxy) is 2. The quantitative estimate of drug-likeness (QED) is 0.259. The van der Waals surface area contributed by atoms with Gasteiger partial charge in [0, 0.05) is 30.7 Å². The fourth-order valence-corrected chi connectivity index (χ4v) is 5.91. The van der Waals surface area contributed by atoms with E-state index in [1.807, 2.05) is 18.2 Å². The van der Waals surface area contributed by atoms with E-state index in [0.29, 0.717) is 75.0 Å². The molecule has 3 saturated carbocycles. The Morgan fingerprint density at radius 3 is 2.21 bits per heavy atom. The Bertz CT molecular complexity index is 1020. The lowest BCUT2D eigenvalue weighted by Crippen LogP contribution is -2.28. The molecule has 1 heterocycles. The number of nitrogens with zero attached hydrogens (tertiary/aromatic N) is 3. The average molecular weight is 524 g/mol. The minimum atomic E-state index is -0.0923. The van der Waals surface area contributed by atoms with Crippen LogP contribution >= 0.6 is 0 Å². The number of fused-ring (bicyclic) bond motifs is 2. The van der Waals surface area contributed by atoms with E-state index in [-0.39, 0.29) is 5.91 Å². The standard InChI is InChI=1S/C28H41N7O3/c36-25(21-6-2-1-3-7-21)29-12-14-37-16-17-38-15-13-30-26-33-27(31-23-8-4-5-9-23)35-28(34-26)32-24-19-20-10-11-22(24)18-20/h1-3,6-7,20,22-24H,4-5,8-19H2,(H,29,36)(H3,30,31,32,33,34,35). The molecule has 4 N–H and O–H groups in total. The van der Waals surface area contributed by atoms with E-state index in [0.717, 1.165) is 11.8 Å². The number of anilines is 3. The first-order valence-corrected chi connectivity index (χ1v) is 14.2. The van der Waals surface area contributed by atoms with E-state index in [1.165, 1.54) is 51.4 Å². The number of benzene rings is 1. The molecule has 3 unspecified atom stereocenters. The molecule has 38 heavy (non-hydrogen) atoms. The summed E-state index contributed by atoms with van der Waals surface area (Å²) in [6, 6.07) is 10.1. The van der Waals surface area contributed by atoms with Gasteiger partial charge < -0.3 is 30.7 Å². The predicted octanol–water partition coefficient (Wildman–Crippen LogP) is 3.70. The number of rotatable bonds is 15. The van der Waals surface area contributed by atoms with Crippen LogP contribution in [0.3, 0.4) is 0 Å². The van der Waals surface area contributed by atoms with E-state index in [1.54, 1.807) is 12.1 Å². The molecule has 0 radical (unpaired) electrons. The highest BCUT2D eigenvalue weighted by atomic mass is 16.5. The fourth-order valence-electron chi connectivity index (χ4n) is 5.91. The minimum absolute atomic E-state index is 0.0923. The van der Waals surface area contributed by atoms with Crippen LogP contribution in [-0.4, -0.2) is 72.5 Å². The molecule has 10 heteroatoms. The lowest BCUT2D eigenvalue weighted by molar-refractivity contribution is 0.0519. The molecule has 3 aliphatic carbocycles. The van der Waals surface area contributed by atoms with Crippen LogP contribution in [0.4, 0.5) is 17.8 Å². The van der Waals surface area contributed by atoms with E-state index >= 15 is 0 Å². The minimum Gasteiger partial charge on any atom is -0.377 e.